The molecule has 2 aromatic carbocycles. The van der Waals surface area contributed by atoms with Crippen LogP contribution in [0.5, 0.6) is 0 Å². The number of benzene rings is 2. The highest BCUT2D eigenvalue weighted by Crippen LogP contribution is 2.32. The van der Waals surface area contributed by atoms with Gasteiger partial charge in [-0.1, -0.05) is 42.1 Å². The number of thiazole rings is 1. The smallest absolute Gasteiger partial charge is 0.250 e. The van der Waals surface area contributed by atoms with Gasteiger partial charge in [0.1, 0.15) is 6.61 Å². The Bertz CT molecular complexity index is 879. The highest BCUT2D eigenvalue weighted by Gasteiger charge is 2.08. The zero-order valence-electron chi connectivity index (χ0n) is 14.7. The van der Waals surface area contributed by atoms with E-state index >= 15 is 0 Å². The Balaban J connectivity index is 1.51. The van der Waals surface area contributed by atoms with E-state index in [9.17, 15) is 4.79 Å². The van der Waals surface area contributed by atoms with Crippen LogP contribution in [0.15, 0.2) is 63.1 Å². The van der Waals surface area contributed by atoms with Crippen molar-refractivity contribution in [2.45, 2.75) is 29.7 Å². The van der Waals surface area contributed by atoms with Crippen molar-refractivity contribution in [3.8, 4) is 0 Å². The summed E-state index contributed by atoms with van der Waals surface area (Å²) in [4.78, 5) is 17.7. The molecule has 3 rings (SSSR count). The molecule has 0 fully saturated rings. The van der Waals surface area contributed by atoms with Gasteiger partial charge in [-0.05, 0) is 43.2 Å². The molecular formula is C20H20N2O2S2. The number of hydrogen-bond donors (Lipinski definition) is 1. The standard InChI is InChI=1S/C20H20N2O2S2/c1-14-10-17(26-20-21-15(2)13-25-20)8-9-18(14)22-19(23)12-24-11-16-6-4-3-5-7-16/h3-10,13H,11-12H2,1-2H3,(H,22,23). The molecule has 0 aliphatic heterocycles. The molecule has 1 amide bonds. The molecule has 26 heavy (non-hydrogen) atoms. The summed E-state index contributed by atoms with van der Waals surface area (Å²) in [5.41, 5.74) is 3.90. The van der Waals surface area contributed by atoms with E-state index in [1.54, 1.807) is 23.1 Å². The molecule has 1 N–H and O–H groups in total. The highest BCUT2D eigenvalue weighted by molar-refractivity contribution is 8.01. The maximum Gasteiger partial charge on any atom is 0.250 e. The average molecular weight is 385 g/mol. The van der Waals surface area contributed by atoms with Gasteiger partial charge in [-0.15, -0.1) is 11.3 Å². The molecular weight excluding hydrogens is 364 g/mol. The molecule has 0 aliphatic carbocycles. The number of rotatable bonds is 7. The van der Waals surface area contributed by atoms with E-state index in [0.29, 0.717) is 6.61 Å². The van der Waals surface area contributed by atoms with Crippen molar-refractivity contribution < 1.29 is 9.53 Å². The first-order valence-electron chi connectivity index (χ1n) is 8.22. The van der Waals surface area contributed by atoms with Crippen LogP contribution in [0.4, 0.5) is 5.69 Å². The summed E-state index contributed by atoms with van der Waals surface area (Å²) in [6.07, 6.45) is 0. The molecule has 3 aromatic rings. The Kier molecular flexibility index (Phi) is 6.44. The van der Waals surface area contributed by atoms with Crippen molar-refractivity contribution in [3.63, 3.8) is 0 Å². The monoisotopic (exact) mass is 384 g/mol. The van der Waals surface area contributed by atoms with Crippen LogP contribution in [0.25, 0.3) is 0 Å². The molecule has 0 bridgehead atoms. The fourth-order valence-electron chi connectivity index (χ4n) is 2.34. The van der Waals surface area contributed by atoms with Crippen LogP contribution >= 0.6 is 23.1 Å². The van der Waals surface area contributed by atoms with E-state index in [1.807, 2.05) is 61.7 Å². The van der Waals surface area contributed by atoms with Crippen LogP contribution in [0.2, 0.25) is 0 Å². The predicted molar refractivity (Wildman–Crippen MR) is 107 cm³/mol. The third-order valence-electron chi connectivity index (χ3n) is 3.62. The Morgan fingerprint density at radius 3 is 2.69 bits per heavy atom. The number of anilines is 1. The van der Waals surface area contributed by atoms with Crippen molar-refractivity contribution in [3.05, 3.63) is 70.7 Å². The SMILES string of the molecule is Cc1csc(Sc2ccc(NC(=O)COCc3ccccc3)c(C)c2)n1. The highest BCUT2D eigenvalue weighted by atomic mass is 32.2. The largest absolute Gasteiger partial charge is 0.367 e. The molecule has 0 saturated carbocycles. The summed E-state index contributed by atoms with van der Waals surface area (Å²) < 4.78 is 6.50. The molecule has 134 valence electrons. The van der Waals surface area contributed by atoms with Crippen LogP contribution in [0.3, 0.4) is 0 Å². The van der Waals surface area contributed by atoms with Crippen molar-refractivity contribution in [2.75, 3.05) is 11.9 Å². The van der Waals surface area contributed by atoms with E-state index in [0.717, 1.165) is 31.7 Å². The fourth-order valence-corrected chi connectivity index (χ4v) is 4.25. The Hall–Kier alpha value is -2.15. The van der Waals surface area contributed by atoms with Gasteiger partial charge in [0.2, 0.25) is 5.91 Å². The summed E-state index contributed by atoms with van der Waals surface area (Å²) in [6.45, 7) is 4.43. The van der Waals surface area contributed by atoms with Gasteiger partial charge in [-0.2, -0.15) is 0 Å². The maximum absolute atomic E-state index is 12.1. The van der Waals surface area contributed by atoms with Crippen molar-refractivity contribution >= 4 is 34.7 Å². The lowest BCUT2D eigenvalue weighted by Gasteiger charge is -2.10. The zero-order chi connectivity index (χ0) is 18.4. The number of ether oxygens (including phenoxy) is 1. The van der Waals surface area contributed by atoms with Crippen molar-refractivity contribution in [2.24, 2.45) is 0 Å². The molecule has 0 radical (unpaired) electrons. The third-order valence-corrected chi connectivity index (χ3v) is 5.67. The number of nitrogens with one attached hydrogen (secondary N) is 1. The molecule has 0 unspecified atom stereocenters. The molecule has 0 spiro atoms. The first-order valence-corrected chi connectivity index (χ1v) is 9.92. The van der Waals surface area contributed by atoms with Gasteiger partial charge in [-0.25, -0.2) is 4.98 Å². The summed E-state index contributed by atoms with van der Waals surface area (Å²) in [6, 6.07) is 15.8. The number of aromatic nitrogens is 1. The van der Waals surface area contributed by atoms with Gasteiger partial charge in [0.05, 0.1) is 6.61 Å². The first-order chi connectivity index (χ1) is 12.6. The normalized spacial score (nSPS) is 10.7. The van der Waals surface area contributed by atoms with Gasteiger partial charge >= 0.3 is 0 Å². The molecule has 0 atom stereocenters. The van der Waals surface area contributed by atoms with E-state index < -0.39 is 0 Å². The van der Waals surface area contributed by atoms with Gasteiger partial charge < -0.3 is 10.1 Å². The lowest BCUT2D eigenvalue weighted by Crippen LogP contribution is -2.18. The Labute approximate surface area is 161 Å². The average Bonchev–Trinajstić information content (AvgIpc) is 3.03. The number of carbonyl (C=O) groups is 1. The van der Waals surface area contributed by atoms with Crippen molar-refractivity contribution in [1.82, 2.24) is 4.98 Å². The van der Waals surface area contributed by atoms with Crippen LogP contribution in [-0.2, 0) is 16.1 Å². The minimum Gasteiger partial charge on any atom is -0.367 e. The molecule has 0 aliphatic rings. The second-order valence-corrected chi connectivity index (χ2v) is 8.04. The second-order valence-electron chi connectivity index (χ2n) is 5.86. The predicted octanol–water partition coefficient (Wildman–Crippen LogP) is 5.07. The first kappa shape index (κ1) is 18.6. The van der Waals surface area contributed by atoms with Gasteiger partial charge in [0.15, 0.2) is 4.34 Å². The lowest BCUT2D eigenvalue weighted by molar-refractivity contribution is -0.121. The molecule has 0 saturated heterocycles. The van der Waals surface area contributed by atoms with E-state index in [2.05, 4.69) is 16.4 Å². The molecule has 1 aromatic heterocycles. The van der Waals surface area contributed by atoms with Crippen LogP contribution < -0.4 is 5.32 Å². The molecule has 4 nitrogen and oxygen atoms in total. The van der Waals surface area contributed by atoms with Gasteiger partial charge in [-0.3, -0.25) is 4.79 Å². The van der Waals surface area contributed by atoms with E-state index in [4.69, 9.17) is 4.74 Å². The number of amides is 1. The second kappa shape index (κ2) is 8.98. The molecule has 6 heteroatoms. The van der Waals surface area contributed by atoms with Crippen molar-refractivity contribution in [1.29, 1.82) is 0 Å². The minimum atomic E-state index is -0.153. The van der Waals surface area contributed by atoms with E-state index in [1.165, 1.54) is 0 Å². The van der Waals surface area contributed by atoms with Gasteiger partial charge in [0.25, 0.3) is 0 Å². The van der Waals surface area contributed by atoms with Crippen LogP contribution in [0.1, 0.15) is 16.8 Å². The summed E-state index contributed by atoms with van der Waals surface area (Å²) in [5, 5.41) is 4.95. The summed E-state index contributed by atoms with van der Waals surface area (Å²) in [5.74, 6) is -0.153. The number of aryl methyl sites for hydroxylation is 2. The fraction of sp³-hybridized carbons (Fsp3) is 0.200. The van der Waals surface area contributed by atoms with Crippen LogP contribution in [-0.4, -0.2) is 17.5 Å². The zero-order valence-corrected chi connectivity index (χ0v) is 16.3. The number of hydrogen-bond acceptors (Lipinski definition) is 5. The summed E-state index contributed by atoms with van der Waals surface area (Å²) in [7, 11) is 0. The quantitative estimate of drug-likeness (QED) is 0.618. The van der Waals surface area contributed by atoms with Gasteiger partial charge in [0, 0.05) is 21.7 Å². The summed E-state index contributed by atoms with van der Waals surface area (Å²) >= 11 is 3.27. The lowest BCUT2D eigenvalue weighted by atomic mass is 10.2. The third kappa shape index (κ3) is 5.42. The van der Waals surface area contributed by atoms with E-state index in [-0.39, 0.29) is 12.5 Å². The van der Waals surface area contributed by atoms with Crippen LogP contribution in [0, 0.1) is 13.8 Å². The minimum absolute atomic E-state index is 0.0310. The number of carbonyl (C=O) groups excluding carboxylic acids is 1. The Morgan fingerprint density at radius 2 is 2.00 bits per heavy atom. The maximum atomic E-state index is 12.1. The molecule has 1 heterocycles. The topological polar surface area (TPSA) is 51.2 Å². The Morgan fingerprint density at radius 1 is 1.19 bits per heavy atom. The number of nitrogens with zero attached hydrogens (tertiary/aromatic N) is 1.